The summed E-state index contributed by atoms with van der Waals surface area (Å²) in [5.74, 6) is 2.27. The Kier molecular flexibility index (Phi) is 5.72. The average molecular weight is 503 g/mol. The molecule has 7 aromatic rings. The molecule has 39 heavy (non-hydrogen) atoms. The summed E-state index contributed by atoms with van der Waals surface area (Å²) in [6, 6.07) is 40.6. The van der Waals surface area contributed by atoms with E-state index in [-0.39, 0.29) is 0 Å². The second-order valence-corrected chi connectivity index (χ2v) is 9.22. The number of para-hydroxylation sites is 1. The first-order chi connectivity index (χ1) is 19.3. The third kappa shape index (κ3) is 4.58. The van der Waals surface area contributed by atoms with Crippen LogP contribution in [-0.2, 0) is 0 Å². The number of nitrogens with zero attached hydrogens (tertiary/aromatic N) is 4. The minimum atomic E-state index is 0.493. The molecule has 0 N–H and O–H groups in total. The fraction of sp³-hybridized carbons (Fsp3) is 0. The Hall–Kier alpha value is -5.42. The molecule has 5 nitrogen and oxygen atoms in total. The van der Waals surface area contributed by atoms with Crippen LogP contribution in [0.5, 0.6) is 0 Å². The molecule has 0 saturated heterocycles. The van der Waals surface area contributed by atoms with Gasteiger partial charge < -0.3 is 4.42 Å². The van der Waals surface area contributed by atoms with Gasteiger partial charge in [-0.05, 0) is 46.5 Å². The highest BCUT2D eigenvalue weighted by Gasteiger charge is 2.16. The molecular formula is C34H22N4O. The Morgan fingerprint density at radius 1 is 0.436 bits per heavy atom. The Bertz CT molecular complexity index is 1860. The zero-order chi connectivity index (χ0) is 26.0. The molecule has 0 aliphatic rings. The summed E-state index contributed by atoms with van der Waals surface area (Å²) in [6.45, 7) is 0. The summed E-state index contributed by atoms with van der Waals surface area (Å²) in [5, 5.41) is 1.00. The van der Waals surface area contributed by atoms with Crippen molar-refractivity contribution in [3.05, 3.63) is 134 Å². The zero-order valence-electron chi connectivity index (χ0n) is 20.9. The molecule has 0 atom stereocenters. The summed E-state index contributed by atoms with van der Waals surface area (Å²) >= 11 is 0. The van der Waals surface area contributed by atoms with E-state index in [4.69, 9.17) is 19.4 Å². The SMILES string of the molecule is c1ccc(-c2cccc(-c3nc(-c4ccc(-c5cccnc5)cc4)nc(-c4cc5ccccc5o4)n3)c2)cc1. The molecule has 0 saturated carbocycles. The van der Waals surface area contributed by atoms with Gasteiger partial charge in [0.25, 0.3) is 0 Å². The van der Waals surface area contributed by atoms with Crippen molar-refractivity contribution in [2.75, 3.05) is 0 Å². The maximum absolute atomic E-state index is 6.15. The van der Waals surface area contributed by atoms with E-state index >= 15 is 0 Å². The zero-order valence-corrected chi connectivity index (χ0v) is 20.9. The molecule has 0 radical (unpaired) electrons. The number of benzene rings is 4. The van der Waals surface area contributed by atoms with Crippen LogP contribution in [0.1, 0.15) is 0 Å². The highest BCUT2D eigenvalue weighted by Crippen LogP contribution is 2.31. The van der Waals surface area contributed by atoms with Crippen LogP contribution in [0.4, 0.5) is 0 Å². The maximum atomic E-state index is 6.15. The number of pyridine rings is 1. The minimum Gasteiger partial charge on any atom is -0.453 e. The first-order valence-electron chi connectivity index (χ1n) is 12.7. The lowest BCUT2D eigenvalue weighted by atomic mass is 10.0. The number of hydrogen-bond donors (Lipinski definition) is 0. The van der Waals surface area contributed by atoms with Crippen molar-refractivity contribution in [1.29, 1.82) is 0 Å². The number of hydrogen-bond acceptors (Lipinski definition) is 5. The lowest BCUT2D eigenvalue weighted by Crippen LogP contribution is -2.00. The molecule has 0 fully saturated rings. The second-order valence-electron chi connectivity index (χ2n) is 9.22. The molecule has 3 heterocycles. The van der Waals surface area contributed by atoms with Gasteiger partial charge in [-0.3, -0.25) is 4.98 Å². The number of rotatable bonds is 5. The topological polar surface area (TPSA) is 64.7 Å². The van der Waals surface area contributed by atoms with Crippen LogP contribution >= 0.6 is 0 Å². The standard InChI is InChI=1S/C34H22N4O/c1-2-8-23(9-3-1)26-11-6-12-28(20-26)33-36-32(25-17-15-24(16-18-25)29-13-7-19-35-22-29)37-34(38-33)31-21-27-10-4-5-14-30(27)39-31/h1-22H. The van der Waals surface area contributed by atoms with Crippen LogP contribution < -0.4 is 0 Å². The normalized spacial score (nSPS) is 11.1. The monoisotopic (exact) mass is 502 g/mol. The molecule has 3 aromatic heterocycles. The lowest BCUT2D eigenvalue weighted by molar-refractivity contribution is 0.625. The van der Waals surface area contributed by atoms with Gasteiger partial charge in [0.15, 0.2) is 23.2 Å². The predicted molar refractivity (Wildman–Crippen MR) is 155 cm³/mol. The van der Waals surface area contributed by atoms with Crippen molar-refractivity contribution in [3.63, 3.8) is 0 Å². The van der Waals surface area contributed by atoms with Gasteiger partial charge in [-0.2, -0.15) is 0 Å². The van der Waals surface area contributed by atoms with Crippen LogP contribution in [0.15, 0.2) is 138 Å². The quantitative estimate of drug-likeness (QED) is 0.237. The first kappa shape index (κ1) is 22.8. The molecule has 0 aliphatic carbocycles. The summed E-state index contributed by atoms with van der Waals surface area (Å²) in [5.41, 5.74) is 6.96. The maximum Gasteiger partial charge on any atom is 0.199 e. The Morgan fingerprint density at radius 2 is 1.08 bits per heavy atom. The third-order valence-electron chi connectivity index (χ3n) is 6.65. The third-order valence-corrected chi connectivity index (χ3v) is 6.65. The van der Waals surface area contributed by atoms with Crippen LogP contribution in [-0.4, -0.2) is 19.9 Å². The molecule has 0 amide bonds. The van der Waals surface area contributed by atoms with Gasteiger partial charge in [-0.25, -0.2) is 15.0 Å². The van der Waals surface area contributed by atoms with Gasteiger partial charge in [0, 0.05) is 28.9 Å². The molecule has 4 aromatic carbocycles. The van der Waals surface area contributed by atoms with Gasteiger partial charge in [0.2, 0.25) is 0 Å². The lowest BCUT2D eigenvalue weighted by Gasteiger charge is -2.09. The van der Waals surface area contributed by atoms with Gasteiger partial charge in [-0.1, -0.05) is 97.1 Å². The van der Waals surface area contributed by atoms with Crippen molar-refractivity contribution in [1.82, 2.24) is 19.9 Å². The molecule has 0 unspecified atom stereocenters. The van der Waals surface area contributed by atoms with Crippen LogP contribution in [0.3, 0.4) is 0 Å². The summed E-state index contributed by atoms with van der Waals surface area (Å²) < 4.78 is 6.15. The predicted octanol–water partition coefficient (Wildman–Crippen LogP) is 8.35. The Labute approximate surface area is 225 Å². The van der Waals surface area contributed by atoms with Gasteiger partial charge >= 0.3 is 0 Å². The Balaban J connectivity index is 1.36. The minimum absolute atomic E-state index is 0.493. The Morgan fingerprint density at radius 3 is 1.87 bits per heavy atom. The van der Waals surface area contributed by atoms with Crippen molar-refractivity contribution in [2.24, 2.45) is 0 Å². The van der Waals surface area contributed by atoms with E-state index in [1.807, 2.05) is 91.1 Å². The fourth-order valence-corrected chi connectivity index (χ4v) is 4.65. The fourth-order valence-electron chi connectivity index (χ4n) is 4.65. The molecular weight excluding hydrogens is 480 g/mol. The van der Waals surface area contributed by atoms with E-state index in [9.17, 15) is 0 Å². The van der Waals surface area contributed by atoms with Crippen LogP contribution in [0.2, 0.25) is 0 Å². The van der Waals surface area contributed by atoms with Gasteiger partial charge in [0.1, 0.15) is 5.58 Å². The smallest absolute Gasteiger partial charge is 0.199 e. The van der Waals surface area contributed by atoms with Crippen molar-refractivity contribution in [2.45, 2.75) is 0 Å². The van der Waals surface area contributed by atoms with E-state index in [1.54, 1.807) is 6.20 Å². The molecule has 0 bridgehead atoms. The number of fused-ring (bicyclic) bond motifs is 1. The number of furan rings is 1. The summed E-state index contributed by atoms with van der Waals surface area (Å²) in [6.07, 6.45) is 3.63. The van der Waals surface area contributed by atoms with E-state index < -0.39 is 0 Å². The van der Waals surface area contributed by atoms with E-state index in [1.165, 1.54) is 0 Å². The highest BCUT2D eigenvalue weighted by molar-refractivity contribution is 5.82. The van der Waals surface area contributed by atoms with E-state index in [0.29, 0.717) is 23.2 Å². The molecule has 5 heteroatoms. The van der Waals surface area contributed by atoms with E-state index in [0.717, 1.165) is 44.3 Å². The number of aromatic nitrogens is 4. The first-order valence-corrected chi connectivity index (χ1v) is 12.7. The molecule has 0 spiro atoms. The highest BCUT2D eigenvalue weighted by atomic mass is 16.3. The second kappa shape index (κ2) is 9.80. The summed E-state index contributed by atoms with van der Waals surface area (Å²) in [7, 11) is 0. The van der Waals surface area contributed by atoms with Gasteiger partial charge in [-0.15, -0.1) is 0 Å². The van der Waals surface area contributed by atoms with Crippen LogP contribution in [0, 0.1) is 0 Å². The average Bonchev–Trinajstić information content (AvgIpc) is 3.47. The van der Waals surface area contributed by atoms with Crippen molar-refractivity contribution >= 4 is 11.0 Å². The van der Waals surface area contributed by atoms with E-state index in [2.05, 4.69) is 41.4 Å². The molecule has 7 rings (SSSR count). The van der Waals surface area contributed by atoms with Crippen molar-refractivity contribution < 1.29 is 4.42 Å². The summed E-state index contributed by atoms with van der Waals surface area (Å²) in [4.78, 5) is 18.9. The van der Waals surface area contributed by atoms with Crippen LogP contribution in [0.25, 0.3) is 67.6 Å². The molecule has 0 aliphatic heterocycles. The molecule has 184 valence electrons. The largest absolute Gasteiger partial charge is 0.453 e. The van der Waals surface area contributed by atoms with Gasteiger partial charge in [0.05, 0.1) is 0 Å². The van der Waals surface area contributed by atoms with Crippen molar-refractivity contribution in [3.8, 4) is 56.6 Å².